The monoisotopic (exact) mass is 236 g/mol. The van der Waals surface area contributed by atoms with E-state index in [-0.39, 0.29) is 11.9 Å². The van der Waals surface area contributed by atoms with Crippen molar-refractivity contribution in [3.8, 4) is 5.75 Å². The van der Waals surface area contributed by atoms with Gasteiger partial charge < -0.3 is 19.4 Å². The van der Waals surface area contributed by atoms with Crippen molar-refractivity contribution in [1.82, 2.24) is 0 Å². The maximum Gasteiger partial charge on any atom is 0.164 e. The highest BCUT2D eigenvalue weighted by molar-refractivity contribution is 5.58. The lowest BCUT2D eigenvalue weighted by atomic mass is 10.0. The Kier molecular flexibility index (Phi) is 3.17. The third kappa shape index (κ3) is 2.84. The van der Waals surface area contributed by atoms with Gasteiger partial charge in [-0.3, -0.25) is 0 Å². The lowest BCUT2D eigenvalue weighted by molar-refractivity contribution is -0.150. The number of benzene rings is 1. The fourth-order valence-corrected chi connectivity index (χ4v) is 2.00. The van der Waals surface area contributed by atoms with Gasteiger partial charge in [0.05, 0.1) is 6.10 Å². The second-order valence-corrected chi connectivity index (χ2v) is 4.65. The highest BCUT2D eigenvalue weighted by atomic mass is 16.8. The van der Waals surface area contributed by atoms with Crippen LogP contribution in [0.25, 0.3) is 0 Å². The van der Waals surface area contributed by atoms with Gasteiger partial charge in [-0.1, -0.05) is 12.1 Å². The van der Waals surface area contributed by atoms with E-state index in [1.54, 1.807) is 26.0 Å². The predicted octanol–water partition coefficient (Wildman–Crippen LogP) is 1.65. The first-order valence-corrected chi connectivity index (χ1v) is 5.59. The Labute approximate surface area is 100 Å². The maximum atomic E-state index is 10.9. The quantitative estimate of drug-likeness (QED) is 0.811. The molecular weight excluding hydrogens is 220 g/mol. The molecule has 0 aliphatic carbocycles. The van der Waals surface area contributed by atoms with Gasteiger partial charge in [-0.05, 0) is 31.5 Å². The molecule has 0 aromatic heterocycles. The highest BCUT2D eigenvalue weighted by Crippen LogP contribution is 2.29. The molecule has 2 atom stereocenters. The fraction of sp³-hybridized carbons (Fsp3) is 0.462. The summed E-state index contributed by atoms with van der Waals surface area (Å²) < 4.78 is 11.1. The normalized spacial score (nSPS) is 26.9. The molecule has 1 fully saturated rings. The molecule has 0 bridgehead atoms. The van der Waals surface area contributed by atoms with Gasteiger partial charge in [0.2, 0.25) is 0 Å². The van der Waals surface area contributed by atoms with Crippen LogP contribution >= 0.6 is 0 Å². The number of hydrogen-bond acceptors (Lipinski definition) is 4. The molecule has 0 radical (unpaired) electrons. The summed E-state index contributed by atoms with van der Waals surface area (Å²) in [5.74, 6) is -0.489. The largest absolute Gasteiger partial charge is 0.508 e. The highest BCUT2D eigenvalue weighted by Gasteiger charge is 2.40. The summed E-state index contributed by atoms with van der Waals surface area (Å²) in [6.07, 6.45) is 0.568. The number of carbonyl (C=O) groups excluding carboxylic acids is 1. The third-order valence-corrected chi connectivity index (χ3v) is 2.73. The van der Waals surface area contributed by atoms with Crippen molar-refractivity contribution >= 4 is 6.29 Å². The van der Waals surface area contributed by atoms with Gasteiger partial charge in [-0.2, -0.15) is 0 Å². The summed E-state index contributed by atoms with van der Waals surface area (Å²) in [5.41, 5.74) is 1.00. The molecule has 4 nitrogen and oxygen atoms in total. The minimum absolute atomic E-state index is 0.226. The molecule has 1 aromatic rings. The number of ether oxygens (including phenoxy) is 2. The van der Waals surface area contributed by atoms with Crippen molar-refractivity contribution in [2.24, 2.45) is 0 Å². The molecule has 0 amide bonds. The summed E-state index contributed by atoms with van der Waals surface area (Å²) in [4.78, 5) is 10.9. The first-order chi connectivity index (χ1) is 8.00. The van der Waals surface area contributed by atoms with Crippen LogP contribution in [0.2, 0.25) is 0 Å². The van der Waals surface area contributed by atoms with E-state index in [0.717, 1.165) is 11.8 Å². The van der Waals surface area contributed by atoms with Gasteiger partial charge in [-0.25, -0.2) is 0 Å². The lowest BCUT2D eigenvalue weighted by Crippen LogP contribution is -2.26. The molecule has 2 unspecified atom stereocenters. The van der Waals surface area contributed by atoms with Gasteiger partial charge in [0, 0.05) is 6.42 Å². The summed E-state index contributed by atoms with van der Waals surface area (Å²) in [7, 11) is 0. The standard InChI is InChI=1S/C13H16O4/c1-13(2)16-11(12(8-14)17-13)7-9-3-5-10(15)6-4-9/h3-6,8,11-12,15H,7H2,1-2H3. The molecule has 0 spiro atoms. The van der Waals surface area contributed by atoms with E-state index in [4.69, 9.17) is 9.47 Å². The van der Waals surface area contributed by atoms with Gasteiger partial charge in [0.1, 0.15) is 11.9 Å². The van der Waals surface area contributed by atoms with E-state index in [2.05, 4.69) is 0 Å². The van der Waals surface area contributed by atoms with Crippen molar-refractivity contribution in [2.45, 2.75) is 38.3 Å². The van der Waals surface area contributed by atoms with Gasteiger partial charge >= 0.3 is 0 Å². The smallest absolute Gasteiger partial charge is 0.164 e. The maximum absolute atomic E-state index is 10.9. The van der Waals surface area contributed by atoms with Crippen LogP contribution in [0.15, 0.2) is 24.3 Å². The lowest BCUT2D eigenvalue weighted by Gasteiger charge is -2.16. The Morgan fingerprint density at radius 1 is 1.29 bits per heavy atom. The zero-order valence-electron chi connectivity index (χ0n) is 9.92. The second-order valence-electron chi connectivity index (χ2n) is 4.65. The average molecular weight is 236 g/mol. The number of aromatic hydroxyl groups is 1. The third-order valence-electron chi connectivity index (χ3n) is 2.73. The van der Waals surface area contributed by atoms with Crippen molar-refractivity contribution in [3.63, 3.8) is 0 Å². The van der Waals surface area contributed by atoms with Gasteiger partial charge in [-0.15, -0.1) is 0 Å². The molecule has 1 saturated heterocycles. The Morgan fingerprint density at radius 3 is 2.53 bits per heavy atom. The number of aldehydes is 1. The predicted molar refractivity (Wildman–Crippen MR) is 61.7 cm³/mol. The topological polar surface area (TPSA) is 55.8 Å². The second kappa shape index (κ2) is 4.47. The van der Waals surface area contributed by atoms with Crippen LogP contribution in [-0.4, -0.2) is 29.4 Å². The summed E-state index contributed by atoms with van der Waals surface area (Å²) in [5, 5.41) is 9.19. The van der Waals surface area contributed by atoms with E-state index >= 15 is 0 Å². The molecule has 92 valence electrons. The molecule has 4 heteroatoms. The summed E-state index contributed by atoms with van der Waals surface area (Å²) in [6.45, 7) is 3.58. The molecule has 1 aromatic carbocycles. The molecule has 0 saturated carbocycles. The van der Waals surface area contributed by atoms with Crippen LogP contribution in [0.5, 0.6) is 5.75 Å². The van der Waals surface area contributed by atoms with Crippen molar-refractivity contribution in [1.29, 1.82) is 0 Å². The van der Waals surface area contributed by atoms with Gasteiger partial charge in [0.15, 0.2) is 12.1 Å². The zero-order valence-corrected chi connectivity index (χ0v) is 9.92. The first kappa shape index (κ1) is 12.1. The van der Waals surface area contributed by atoms with Gasteiger partial charge in [0.25, 0.3) is 0 Å². The molecule has 1 aliphatic rings. The van der Waals surface area contributed by atoms with Crippen LogP contribution in [0.3, 0.4) is 0 Å². The van der Waals surface area contributed by atoms with Crippen LogP contribution in [0.1, 0.15) is 19.4 Å². The molecule has 1 N–H and O–H groups in total. The average Bonchev–Trinajstić information content (AvgIpc) is 2.56. The van der Waals surface area contributed by atoms with E-state index < -0.39 is 11.9 Å². The van der Waals surface area contributed by atoms with E-state index in [0.29, 0.717) is 6.42 Å². The van der Waals surface area contributed by atoms with Crippen LogP contribution in [0.4, 0.5) is 0 Å². The number of hydrogen-bond donors (Lipinski definition) is 1. The first-order valence-electron chi connectivity index (χ1n) is 5.59. The van der Waals surface area contributed by atoms with Crippen LogP contribution < -0.4 is 0 Å². The Bertz CT molecular complexity index is 396. The van der Waals surface area contributed by atoms with Crippen molar-refractivity contribution in [3.05, 3.63) is 29.8 Å². The molecular formula is C13H16O4. The van der Waals surface area contributed by atoms with Crippen molar-refractivity contribution in [2.75, 3.05) is 0 Å². The summed E-state index contributed by atoms with van der Waals surface area (Å²) in [6, 6.07) is 6.86. The van der Waals surface area contributed by atoms with Crippen LogP contribution in [-0.2, 0) is 20.7 Å². The van der Waals surface area contributed by atoms with Crippen molar-refractivity contribution < 1.29 is 19.4 Å². The minimum atomic E-state index is -0.715. The molecule has 2 rings (SSSR count). The van der Waals surface area contributed by atoms with E-state index in [9.17, 15) is 9.90 Å². The number of carbonyl (C=O) groups is 1. The Hall–Kier alpha value is -1.39. The fourth-order valence-electron chi connectivity index (χ4n) is 2.00. The molecule has 1 aliphatic heterocycles. The number of phenols is 1. The minimum Gasteiger partial charge on any atom is -0.508 e. The Balaban J connectivity index is 2.08. The van der Waals surface area contributed by atoms with E-state index in [1.807, 2.05) is 12.1 Å². The number of rotatable bonds is 3. The van der Waals surface area contributed by atoms with E-state index in [1.165, 1.54) is 0 Å². The SMILES string of the molecule is CC1(C)OC(C=O)C(Cc2ccc(O)cc2)O1. The molecule has 17 heavy (non-hydrogen) atoms. The zero-order chi connectivity index (χ0) is 12.5. The van der Waals surface area contributed by atoms with Crippen LogP contribution in [0, 0.1) is 0 Å². The molecule has 1 heterocycles. The summed E-state index contributed by atoms with van der Waals surface area (Å²) >= 11 is 0. The Morgan fingerprint density at radius 2 is 1.94 bits per heavy atom. The number of phenolic OH excluding ortho intramolecular Hbond substituents is 1.